The Morgan fingerprint density at radius 1 is 0.745 bits per heavy atom. The molecule has 51 heavy (non-hydrogen) atoms. The lowest BCUT2D eigenvalue weighted by molar-refractivity contribution is 0.0983. The Bertz CT molecular complexity index is 1890. The summed E-state index contributed by atoms with van der Waals surface area (Å²) in [4.78, 5) is 29.2. The average Bonchev–Trinajstić information content (AvgIpc) is 3.32. The number of aryl methyl sites for hydroxylation is 3. The van der Waals surface area contributed by atoms with Crippen molar-refractivity contribution >= 4 is 31.8 Å². The van der Waals surface area contributed by atoms with Gasteiger partial charge in [-0.2, -0.15) is 0 Å². The van der Waals surface area contributed by atoms with E-state index in [4.69, 9.17) is 13.6 Å². The van der Waals surface area contributed by atoms with Crippen LogP contribution >= 0.6 is 8.60 Å². The van der Waals surface area contributed by atoms with Gasteiger partial charge in [-0.15, -0.1) is 0 Å². The minimum absolute atomic E-state index is 0.0858. The van der Waals surface area contributed by atoms with Crippen LogP contribution in [0, 0.1) is 13.8 Å². The fraction of sp³-hybridized carbons (Fsp3) is 0.256. The van der Waals surface area contributed by atoms with Crippen LogP contribution in [0.5, 0.6) is 0 Å². The van der Waals surface area contributed by atoms with Gasteiger partial charge in [0.2, 0.25) is 0 Å². The molecule has 0 spiro atoms. The molecule has 1 heterocycles. The Morgan fingerprint density at radius 2 is 1.41 bits per heavy atom. The second-order valence-electron chi connectivity index (χ2n) is 12.9. The van der Waals surface area contributed by atoms with E-state index in [1.807, 2.05) is 116 Å². The molecular weight excluding hydrogens is 655 g/mol. The first-order valence-electron chi connectivity index (χ1n) is 17.6. The molecule has 5 aromatic carbocycles. The van der Waals surface area contributed by atoms with E-state index in [0.29, 0.717) is 43.0 Å². The summed E-state index contributed by atoms with van der Waals surface area (Å²) in [5, 5.41) is 2.99. The van der Waals surface area contributed by atoms with Gasteiger partial charge in [-0.1, -0.05) is 104 Å². The van der Waals surface area contributed by atoms with E-state index >= 15 is 0 Å². The van der Waals surface area contributed by atoms with Crippen molar-refractivity contribution in [3.05, 3.63) is 166 Å². The maximum absolute atomic E-state index is 14.3. The van der Waals surface area contributed by atoms with Crippen LogP contribution < -0.4 is 10.2 Å². The topological polar surface area (TPSA) is 77.1 Å². The average molecular weight is 701 g/mol. The summed E-state index contributed by atoms with van der Waals surface area (Å²) < 4.78 is 19.4. The first kappa shape index (κ1) is 36.2. The van der Waals surface area contributed by atoms with Crippen LogP contribution in [0.25, 0.3) is 0 Å². The highest BCUT2D eigenvalue weighted by atomic mass is 31.2. The Hall–Kier alpha value is -4.65. The van der Waals surface area contributed by atoms with Crippen LogP contribution in [0.3, 0.4) is 0 Å². The SMILES string of the molecule is CCCc1ccc2c(c1)C(OP(OCc1ccccc1)OCc1ccccc1)CCCN2C(=O)c1ccc(NC(=O)c2ccccc2C)cc1C. The number of rotatable bonds is 13. The van der Waals surface area contributed by atoms with Crippen molar-refractivity contribution in [2.75, 3.05) is 16.8 Å². The van der Waals surface area contributed by atoms with Gasteiger partial charge >= 0.3 is 8.60 Å². The van der Waals surface area contributed by atoms with E-state index in [9.17, 15) is 9.59 Å². The molecule has 262 valence electrons. The van der Waals surface area contributed by atoms with Crippen molar-refractivity contribution in [2.24, 2.45) is 0 Å². The highest BCUT2D eigenvalue weighted by Crippen LogP contribution is 2.50. The van der Waals surface area contributed by atoms with Crippen molar-refractivity contribution in [1.29, 1.82) is 0 Å². The van der Waals surface area contributed by atoms with Crippen molar-refractivity contribution in [1.82, 2.24) is 0 Å². The molecule has 0 radical (unpaired) electrons. The van der Waals surface area contributed by atoms with Crippen LogP contribution in [-0.4, -0.2) is 18.4 Å². The van der Waals surface area contributed by atoms with E-state index in [0.717, 1.165) is 52.8 Å². The molecule has 1 unspecified atom stereocenters. The summed E-state index contributed by atoms with van der Waals surface area (Å²) in [5.74, 6) is -0.264. The predicted octanol–water partition coefficient (Wildman–Crippen LogP) is 10.7. The minimum atomic E-state index is -1.73. The zero-order chi connectivity index (χ0) is 35.6. The first-order valence-corrected chi connectivity index (χ1v) is 18.7. The molecule has 0 fully saturated rings. The molecule has 0 bridgehead atoms. The number of nitrogens with zero attached hydrogens (tertiary/aromatic N) is 1. The molecule has 0 saturated carbocycles. The molecule has 1 aliphatic heterocycles. The summed E-state index contributed by atoms with van der Waals surface area (Å²) in [6.07, 6.45) is 3.04. The van der Waals surface area contributed by atoms with Crippen LogP contribution in [0.15, 0.2) is 121 Å². The number of nitrogens with one attached hydrogen (secondary N) is 1. The highest BCUT2D eigenvalue weighted by molar-refractivity contribution is 7.41. The van der Waals surface area contributed by atoms with E-state index in [-0.39, 0.29) is 17.9 Å². The fourth-order valence-corrected chi connectivity index (χ4v) is 7.47. The number of anilines is 2. The van der Waals surface area contributed by atoms with Gasteiger partial charge < -0.3 is 23.8 Å². The lowest BCUT2D eigenvalue weighted by Crippen LogP contribution is -2.32. The Balaban J connectivity index is 1.25. The van der Waals surface area contributed by atoms with Gasteiger partial charge in [0.1, 0.15) is 0 Å². The molecular formula is C43H45N2O5P. The molecule has 1 aliphatic rings. The fourth-order valence-electron chi connectivity index (χ4n) is 6.34. The number of amides is 2. The van der Waals surface area contributed by atoms with Crippen LogP contribution in [0.1, 0.15) is 86.4 Å². The van der Waals surface area contributed by atoms with Crippen LogP contribution in [0.2, 0.25) is 0 Å². The summed E-state index contributed by atoms with van der Waals surface area (Å²) in [6, 6.07) is 39.4. The number of benzene rings is 5. The molecule has 5 aromatic rings. The summed E-state index contributed by atoms with van der Waals surface area (Å²) in [6.45, 7) is 7.26. The van der Waals surface area contributed by atoms with Gasteiger partial charge in [0.05, 0.1) is 19.3 Å². The lowest BCUT2D eigenvalue weighted by Gasteiger charge is -2.27. The zero-order valence-electron chi connectivity index (χ0n) is 29.5. The molecule has 0 aromatic heterocycles. The summed E-state index contributed by atoms with van der Waals surface area (Å²) in [5.41, 5.74) is 8.62. The molecule has 6 rings (SSSR count). The second kappa shape index (κ2) is 17.5. The summed E-state index contributed by atoms with van der Waals surface area (Å²) >= 11 is 0. The van der Waals surface area contributed by atoms with Gasteiger partial charge in [0.25, 0.3) is 11.8 Å². The maximum Gasteiger partial charge on any atom is 0.333 e. The van der Waals surface area contributed by atoms with Gasteiger partial charge in [0, 0.05) is 34.6 Å². The number of hydrogen-bond donors (Lipinski definition) is 1. The minimum Gasteiger partial charge on any atom is -0.322 e. The molecule has 1 atom stereocenters. The number of carbonyl (C=O) groups is 2. The smallest absolute Gasteiger partial charge is 0.322 e. The quantitative estimate of drug-likeness (QED) is 0.124. The summed E-state index contributed by atoms with van der Waals surface area (Å²) in [7, 11) is -1.73. The lowest BCUT2D eigenvalue weighted by atomic mass is 9.99. The van der Waals surface area contributed by atoms with Crippen molar-refractivity contribution < 1.29 is 23.2 Å². The van der Waals surface area contributed by atoms with E-state index < -0.39 is 8.60 Å². The second-order valence-corrected chi connectivity index (χ2v) is 14.1. The third-order valence-corrected chi connectivity index (χ3v) is 10.1. The number of hydrogen-bond acceptors (Lipinski definition) is 5. The van der Waals surface area contributed by atoms with Crippen molar-refractivity contribution in [2.45, 2.75) is 65.8 Å². The van der Waals surface area contributed by atoms with Crippen LogP contribution in [-0.2, 0) is 33.2 Å². The third-order valence-electron chi connectivity index (χ3n) is 9.04. The molecule has 0 aliphatic carbocycles. The number of fused-ring (bicyclic) bond motifs is 1. The molecule has 2 amide bonds. The van der Waals surface area contributed by atoms with Gasteiger partial charge in [-0.05, 0) is 91.3 Å². The van der Waals surface area contributed by atoms with Gasteiger partial charge in [0.15, 0.2) is 0 Å². The zero-order valence-corrected chi connectivity index (χ0v) is 30.4. The van der Waals surface area contributed by atoms with E-state index in [1.54, 1.807) is 6.07 Å². The normalized spacial score (nSPS) is 14.2. The first-order chi connectivity index (χ1) is 24.9. The molecule has 1 N–H and O–H groups in total. The number of carbonyl (C=O) groups excluding carboxylic acids is 2. The Morgan fingerprint density at radius 3 is 2.06 bits per heavy atom. The van der Waals surface area contributed by atoms with Crippen molar-refractivity contribution in [3.63, 3.8) is 0 Å². The van der Waals surface area contributed by atoms with E-state index in [1.165, 1.54) is 5.56 Å². The van der Waals surface area contributed by atoms with Gasteiger partial charge in [-0.25, -0.2) is 0 Å². The Labute approximate surface area is 302 Å². The largest absolute Gasteiger partial charge is 0.333 e. The van der Waals surface area contributed by atoms with Gasteiger partial charge in [-0.3, -0.25) is 9.59 Å². The van der Waals surface area contributed by atoms with E-state index in [2.05, 4.69) is 30.4 Å². The molecule has 8 heteroatoms. The molecule has 0 saturated heterocycles. The molecule has 7 nitrogen and oxygen atoms in total. The third kappa shape index (κ3) is 9.37. The Kier molecular flexibility index (Phi) is 12.4. The maximum atomic E-state index is 14.3. The standard InChI is InChI=1S/C43H45N2O5P/c1-4-14-33-22-25-40-39(28-33)41(50-51(48-29-34-16-7-5-8-17-34)49-30-35-18-9-6-10-19-35)21-13-26-45(40)43(47)38-24-23-36(27-32(38)3)44-42(46)37-20-12-11-15-31(37)2/h5-12,15-20,22-25,27-28,41H,4,13-14,21,26,29-30H2,1-3H3,(H,44,46). The van der Waals surface area contributed by atoms with Crippen molar-refractivity contribution in [3.8, 4) is 0 Å². The monoisotopic (exact) mass is 700 g/mol. The highest BCUT2D eigenvalue weighted by Gasteiger charge is 2.31. The predicted molar refractivity (Wildman–Crippen MR) is 205 cm³/mol. The van der Waals surface area contributed by atoms with Crippen LogP contribution in [0.4, 0.5) is 11.4 Å².